The van der Waals surface area contributed by atoms with Gasteiger partial charge >= 0.3 is 5.97 Å². The van der Waals surface area contributed by atoms with E-state index in [2.05, 4.69) is 9.71 Å². The summed E-state index contributed by atoms with van der Waals surface area (Å²) in [6.45, 7) is 1.97. The van der Waals surface area contributed by atoms with Crippen LogP contribution in [0.2, 0.25) is 0 Å². The van der Waals surface area contributed by atoms with Crippen LogP contribution in [-0.2, 0) is 21.4 Å². The van der Waals surface area contributed by atoms with Gasteiger partial charge in [0, 0.05) is 25.5 Å². The molecule has 0 bridgehead atoms. The van der Waals surface area contributed by atoms with Crippen molar-refractivity contribution in [2.45, 2.75) is 25.1 Å². The fourth-order valence-electron chi connectivity index (χ4n) is 1.15. The van der Waals surface area contributed by atoms with Crippen LogP contribution in [0.15, 0.2) is 18.7 Å². The molecule has 0 aromatic carbocycles. The van der Waals surface area contributed by atoms with Gasteiger partial charge in [-0.1, -0.05) is 0 Å². The van der Waals surface area contributed by atoms with E-state index in [-0.39, 0.29) is 6.54 Å². The second kappa shape index (κ2) is 5.78. The standard InChI is InChI=1S/C9H15N3O4S/c1-8(9(13)14)17(15,16)11-3-2-5-12-6-4-10-7-12/h4,6-8,11H,2-3,5H2,1H3,(H,13,14). The van der Waals surface area contributed by atoms with Crippen LogP contribution < -0.4 is 4.72 Å². The van der Waals surface area contributed by atoms with Gasteiger partial charge in [0.05, 0.1) is 6.33 Å². The lowest BCUT2D eigenvalue weighted by atomic mass is 10.4. The van der Waals surface area contributed by atoms with Crippen molar-refractivity contribution in [3.63, 3.8) is 0 Å². The largest absolute Gasteiger partial charge is 0.480 e. The molecule has 0 saturated carbocycles. The number of rotatable bonds is 7. The van der Waals surface area contributed by atoms with Crippen LogP contribution in [-0.4, -0.2) is 40.8 Å². The molecule has 1 heterocycles. The molecule has 1 aromatic rings. The fourth-order valence-corrected chi connectivity index (χ4v) is 2.10. The minimum absolute atomic E-state index is 0.206. The van der Waals surface area contributed by atoms with Crippen molar-refractivity contribution in [2.75, 3.05) is 6.54 Å². The van der Waals surface area contributed by atoms with Gasteiger partial charge in [-0.3, -0.25) is 4.79 Å². The summed E-state index contributed by atoms with van der Waals surface area (Å²) in [6.07, 6.45) is 5.61. The van der Waals surface area contributed by atoms with E-state index < -0.39 is 21.2 Å². The van der Waals surface area contributed by atoms with Gasteiger partial charge in [-0.15, -0.1) is 0 Å². The maximum atomic E-state index is 11.4. The molecule has 0 amide bonds. The van der Waals surface area contributed by atoms with Crippen LogP contribution in [0.5, 0.6) is 0 Å². The minimum Gasteiger partial charge on any atom is -0.480 e. The molecule has 0 fully saturated rings. The molecular formula is C9H15N3O4S. The number of aromatic nitrogens is 2. The first-order chi connectivity index (χ1) is 7.93. The summed E-state index contributed by atoms with van der Waals surface area (Å²) in [5.41, 5.74) is 0. The highest BCUT2D eigenvalue weighted by Crippen LogP contribution is 1.98. The van der Waals surface area contributed by atoms with Crippen molar-refractivity contribution >= 4 is 16.0 Å². The average Bonchev–Trinajstić information content (AvgIpc) is 2.76. The van der Waals surface area contributed by atoms with Crippen molar-refractivity contribution in [3.05, 3.63) is 18.7 Å². The number of nitrogens with zero attached hydrogens (tertiary/aromatic N) is 2. The highest BCUT2D eigenvalue weighted by atomic mass is 32.2. The molecule has 0 aliphatic heterocycles. The van der Waals surface area contributed by atoms with Crippen molar-refractivity contribution in [1.29, 1.82) is 0 Å². The Morgan fingerprint density at radius 2 is 2.29 bits per heavy atom. The number of hydrogen-bond donors (Lipinski definition) is 2. The van der Waals surface area contributed by atoms with Gasteiger partial charge in [-0.25, -0.2) is 18.1 Å². The van der Waals surface area contributed by atoms with Crippen molar-refractivity contribution in [2.24, 2.45) is 0 Å². The quantitative estimate of drug-likeness (QED) is 0.654. The predicted molar refractivity (Wildman–Crippen MR) is 60.9 cm³/mol. The topological polar surface area (TPSA) is 101 Å². The molecule has 96 valence electrons. The van der Waals surface area contributed by atoms with Crippen LogP contribution in [0.25, 0.3) is 0 Å². The van der Waals surface area contributed by atoms with Gasteiger partial charge in [-0.05, 0) is 13.3 Å². The molecule has 8 heteroatoms. The molecule has 7 nitrogen and oxygen atoms in total. The van der Waals surface area contributed by atoms with Gasteiger partial charge in [-0.2, -0.15) is 0 Å². The molecule has 1 atom stereocenters. The first kappa shape index (κ1) is 13.7. The predicted octanol–water partition coefficient (Wildman–Crippen LogP) is -0.334. The summed E-state index contributed by atoms with van der Waals surface area (Å²) in [4.78, 5) is 14.4. The molecule has 2 N–H and O–H groups in total. The van der Waals surface area contributed by atoms with Gasteiger partial charge in [0.15, 0.2) is 5.25 Å². The summed E-state index contributed by atoms with van der Waals surface area (Å²) >= 11 is 0. The third-order valence-corrected chi connectivity index (χ3v) is 4.01. The van der Waals surface area contributed by atoms with Crippen molar-refractivity contribution in [1.82, 2.24) is 14.3 Å². The SMILES string of the molecule is CC(C(=O)O)S(=O)(=O)NCCCn1ccnc1. The van der Waals surface area contributed by atoms with Gasteiger partial charge in [0.2, 0.25) is 10.0 Å². The second-order valence-electron chi connectivity index (χ2n) is 3.57. The molecule has 0 aliphatic rings. The second-order valence-corrected chi connectivity index (χ2v) is 5.66. The molecule has 1 aromatic heterocycles. The Balaban J connectivity index is 2.33. The molecule has 17 heavy (non-hydrogen) atoms. The molecule has 0 saturated heterocycles. The van der Waals surface area contributed by atoms with Crippen LogP contribution in [0.3, 0.4) is 0 Å². The highest BCUT2D eigenvalue weighted by Gasteiger charge is 2.26. The zero-order chi connectivity index (χ0) is 12.9. The molecule has 0 aliphatic carbocycles. The fraction of sp³-hybridized carbons (Fsp3) is 0.556. The summed E-state index contributed by atoms with van der Waals surface area (Å²) in [7, 11) is -3.78. The third kappa shape index (κ3) is 4.16. The summed E-state index contributed by atoms with van der Waals surface area (Å²) < 4.78 is 26.9. The van der Waals surface area contributed by atoms with E-state index in [1.807, 2.05) is 4.57 Å². The Morgan fingerprint density at radius 1 is 1.59 bits per heavy atom. The number of carboxylic acids is 1. The Bertz CT molecular complexity index is 455. The molecule has 1 unspecified atom stereocenters. The van der Waals surface area contributed by atoms with Gasteiger partial charge < -0.3 is 9.67 Å². The monoisotopic (exact) mass is 261 g/mol. The van der Waals surface area contributed by atoms with Gasteiger partial charge in [0.25, 0.3) is 0 Å². The zero-order valence-corrected chi connectivity index (χ0v) is 10.2. The number of hydrogen-bond acceptors (Lipinski definition) is 4. The maximum Gasteiger partial charge on any atom is 0.323 e. The Hall–Kier alpha value is -1.41. The van der Waals surface area contributed by atoms with E-state index in [0.717, 1.165) is 6.92 Å². The van der Waals surface area contributed by atoms with Crippen LogP contribution in [0, 0.1) is 0 Å². The normalized spacial score (nSPS) is 13.5. The van der Waals surface area contributed by atoms with E-state index in [1.54, 1.807) is 18.7 Å². The smallest absolute Gasteiger partial charge is 0.323 e. The van der Waals surface area contributed by atoms with E-state index >= 15 is 0 Å². The number of aryl methyl sites for hydroxylation is 1. The first-order valence-corrected chi connectivity index (χ1v) is 6.65. The maximum absolute atomic E-state index is 11.4. The Morgan fingerprint density at radius 3 is 2.82 bits per heavy atom. The Kier molecular flexibility index (Phi) is 4.64. The third-order valence-electron chi connectivity index (χ3n) is 2.27. The van der Waals surface area contributed by atoms with Crippen molar-refractivity contribution < 1.29 is 18.3 Å². The number of imidazole rings is 1. The lowest BCUT2D eigenvalue weighted by Crippen LogP contribution is -2.38. The molecular weight excluding hydrogens is 246 g/mol. The molecule has 0 radical (unpaired) electrons. The van der Waals surface area contributed by atoms with E-state index in [4.69, 9.17) is 5.11 Å². The highest BCUT2D eigenvalue weighted by molar-refractivity contribution is 7.90. The lowest BCUT2D eigenvalue weighted by molar-refractivity contribution is -0.136. The lowest BCUT2D eigenvalue weighted by Gasteiger charge is -2.09. The van der Waals surface area contributed by atoms with Crippen LogP contribution in [0.4, 0.5) is 0 Å². The summed E-state index contributed by atoms with van der Waals surface area (Å²) in [5.74, 6) is -1.35. The van der Waals surface area contributed by atoms with Crippen LogP contribution in [0.1, 0.15) is 13.3 Å². The summed E-state index contributed by atoms with van der Waals surface area (Å²) in [5, 5.41) is 7.16. The summed E-state index contributed by atoms with van der Waals surface area (Å²) in [6, 6.07) is 0. The molecule has 1 rings (SSSR count). The van der Waals surface area contributed by atoms with Gasteiger partial charge in [0.1, 0.15) is 0 Å². The van der Waals surface area contributed by atoms with Crippen molar-refractivity contribution in [3.8, 4) is 0 Å². The first-order valence-electron chi connectivity index (χ1n) is 5.10. The number of carbonyl (C=O) groups is 1. The van der Waals surface area contributed by atoms with E-state index in [9.17, 15) is 13.2 Å². The van der Waals surface area contributed by atoms with E-state index in [1.165, 1.54) is 0 Å². The number of sulfonamides is 1. The van der Waals surface area contributed by atoms with E-state index in [0.29, 0.717) is 13.0 Å². The average molecular weight is 261 g/mol. The zero-order valence-electron chi connectivity index (χ0n) is 9.41. The Labute approximate surface area is 99.5 Å². The number of aliphatic carboxylic acids is 1. The minimum atomic E-state index is -3.78. The van der Waals surface area contributed by atoms with Crippen LogP contribution >= 0.6 is 0 Å². The number of nitrogens with one attached hydrogen (secondary N) is 1. The molecule has 0 spiro atoms. The number of carboxylic acid groups (broad SMARTS) is 1.